The Bertz CT molecular complexity index is 1130. The molecule has 0 spiro atoms. The van der Waals surface area contributed by atoms with E-state index in [1.165, 1.54) is 36.1 Å². The van der Waals surface area contributed by atoms with Crippen molar-refractivity contribution in [2.75, 3.05) is 31.1 Å². The van der Waals surface area contributed by atoms with E-state index in [1.807, 2.05) is 12.1 Å². The molecule has 1 aromatic carbocycles. The van der Waals surface area contributed by atoms with Crippen LogP contribution < -0.4 is 10.5 Å². The minimum atomic E-state index is -2.58. The fraction of sp³-hybridized carbons (Fsp3) is 0.500. The molecule has 1 aliphatic carbocycles. The summed E-state index contributed by atoms with van der Waals surface area (Å²) in [6, 6.07) is 5.46. The molecule has 0 atom stereocenters. The Kier molecular flexibility index (Phi) is 5.43. The summed E-state index contributed by atoms with van der Waals surface area (Å²) in [5.74, 6) is 0. The molecule has 164 valence electrons. The highest BCUT2D eigenvalue weighted by Gasteiger charge is 2.22. The fourth-order valence-corrected chi connectivity index (χ4v) is 4.68. The van der Waals surface area contributed by atoms with Gasteiger partial charge in [-0.15, -0.1) is 0 Å². The zero-order valence-corrected chi connectivity index (χ0v) is 17.4. The second-order valence-electron chi connectivity index (χ2n) is 8.39. The lowest BCUT2D eigenvalue weighted by Gasteiger charge is -2.36. The Balaban J connectivity index is 1.26. The highest BCUT2D eigenvalue weighted by atomic mass is 19.3. The van der Waals surface area contributed by atoms with Gasteiger partial charge in [0, 0.05) is 44.1 Å². The van der Waals surface area contributed by atoms with Crippen LogP contribution in [0.1, 0.15) is 29.8 Å². The van der Waals surface area contributed by atoms with E-state index < -0.39 is 18.5 Å². The largest absolute Gasteiger partial charge is 0.369 e. The van der Waals surface area contributed by atoms with Gasteiger partial charge in [0.05, 0.1) is 29.5 Å². The van der Waals surface area contributed by atoms with Gasteiger partial charge in [-0.1, -0.05) is 0 Å². The lowest BCUT2D eigenvalue weighted by molar-refractivity contribution is 0.125. The SMILES string of the molecule is O=c1c2ccc(N3CCN(Cc4n[nH]c5c4CCCC5)CC3)cc2ncn1CC(F)F. The first-order valence-electron chi connectivity index (χ1n) is 10.9. The number of anilines is 1. The second kappa shape index (κ2) is 8.37. The van der Waals surface area contributed by atoms with Crippen molar-refractivity contribution in [3.63, 3.8) is 0 Å². The van der Waals surface area contributed by atoms with Gasteiger partial charge < -0.3 is 4.90 Å². The zero-order valence-electron chi connectivity index (χ0n) is 17.4. The average molecular weight is 428 g/mol. The summed E-state index contributed by atoms with van der Waals surface area (Å²) in [5, 5.41) is 8.16. The molecule has 1 aliphatic heterocycles. The van der Waals surface area contributed by atoms with Crippen molar-refractivity contribution in [1.82, 2.24) is 24.6 Å². The van der Waals surface area contributed by atoms with Crippen molar-refractivity contribution in [3.8, 4) is 0 Å². The molecule has 0 unspecified atom stereocenters. The normalized spacial score (nSPS) is 17.5. The zero-order chi connectivity index (χ0) is 21.4. The Morgan fingerprint density at radius 3 is 2.71 bits per heavy atom. The van der Waals surface area contributed by atoms with Crippen LogP contribution in [0.4, 0.5) is 14.5 Å². The van der Waals surface area contributed by atoms with E-state index in [4.69, 9.17) is 0 Å². The fourth-order valence-electron chi connectivity index (χ4n) is 4.68. The smallest absolute Gasteiger partial charge is 0.261 e. The Labute approximate surface area is 178 Å². The van der Waals surface area contributed by atoms with Crippen LogP contribution in [-0.2, 0) is 25.9 Å². The minimum Gasteiger partial charge on any atom is -0.369 e. The standard InChI is InChI=1S/C22H26F2N6O/c23-21(24)13-30-14-25-19-11-15(5-6-17(19)22(30)31)29-9-7-28(8-10-29)12-20-16-3-1-2-4-18(16)26-27-20/h5-6,11,14,21H,1-4,7-10,12-13H2,(H,26,27). The van der Waals surface area contributed by atoms with Crippen LogP contribution in [0, 0.1) is 0 Å². The summed E-state index contributed by atoms with van der Waals surface area (Å²) in [6.07, 6.45) is 3.36. The summed E-state index contributed by atoms with van der Waals surface area (Å²) in [7, 11) is 0. The minimum absolute atomic E-state index is 0.369. The van der Waals surface area contributed by atoms with Crippen molar-refractivity contribution in [2.45, 2.75) is 45.2 Å². The van der Waals surface area contributed by atoms with Crippen LogP contribution in [0.15, 0.2) is 29.3 Å². The quantitative estimate of drug-likeness (QED) is 0.677. The second-order valence-corrected chi connectivity index (χ2v) is 8.39. The molecule has 0 saturated carbocycles. The maximum Gasteiger partial charge on any atom is 0.261 e. The van der Waals surface area contributed by atoms with Gasteiger partial charge in [-0.2, -0.15) is 5.10 Å². The van der Waals surface area contributed by atoms with E-state index in [0.717, 1.165) is 55.8 Å². The van der Waals surface area contributed by atoms with Gasteiger partial charge in [-0.3, -0.25) is 19.4 Å². The molecule has 31 heavy (non-hydrogen) atoms. The third-order valence-electron chi connectivity index (χ3n) is 6.40. The van der Waals surface area contributed by atoms with Crippen LogP contribution in [0.5, 0.6) is 0 Å². The van der Waals surface area contributed by atoms with Crippen molar-refractivity contribution < 1.29 is 8.78 Å². The molecule has 7 nitrogen and oxygen atoms in total. The number of nitrogens with zero attached hydrogens (tertiary/aromatic N) is 5. The molecule has 5 rings (SSSR count). The Morgan fingerprint density at radius 2 is 1.90 bits per heavy atom. The lowest BCUT2D eigenvalue weighted by atomic mass is 9.96. The number of hydrogen-bond acceptors (Lipinski definition) is 5. The first-order valence-corrected chi connectivity index (χ1v) is 10.9. The summed E-state index contributed by atoms with van der Waals surface area (Å²) in [5.41, 5.74) is 5.05. The molecule has 0 bridgehead atoms. The van der Waals surface area contributed by atoms with Crippen LogP contribution in [0.25, 0.3) is 10.9 Å². The van der Waals surface area contributed by atoms with E-state index in [-0.39, 0.29) is 0 Å². The van der Waals surface area contributed by atoms with E-state index >= 15 is 0 Å². The number of aromatic nitrogens is 4. The van der Waals surface area contributed by atoms with Gasteiger partial charge in [-0.05, 0) is 49.4 Å². The number of piperazine rings is 1. The maximum atomic E-state index is 12.6. The van der Waals surface area contributed by atoms with Crippen LogP contribution in [0.2, 0.25) is 0 Å². The number of H-pyrrole nitrogens is 1. The van der Waals surface area contributed by atoms with Gasteiger partial charge in [0.25, 0.3) is 12.0 Å². The van der Waals surface area contributed by atoms with Crippen molar-refractivity contribution in [2.24, 2.45) is 0 Å². The molecular weight excluding hydrogens is 402 g/mol. The van der Waals surface area contributed by atoms with Gasteiger partial charge in [-0.25, -0.2) is 13.8 Å². The van der Waals surface area contributed by atoms with Crippen LogP contribution in [-0.4, -0.2) is 57.3 Å². The Hall–Kier alpha value is -2.81. The van der Waals surface area contributed by atoms with E-state index in [0.29, 0.717) is 10.9 Å². The summed E-state index contributed by atoms with van der Waals surface area (Å²) in [6.45, 7) is 3.86. The van der Waals surface area contributed by atoms with Gasteiger partial charge in [0.1, 0.15) is 0 Å². The number of benzene rings is 1. The highest BCUT2D eigenvalue weighted by molar-refractivity contribution is 5.81. The maximum absolute atomic E-state index is 12.6. The summed E-state index contributed by atoms with van der Waals surface area (Å²) in [4.78, 5) is 21.4. The van der Waals surface area contributed by atoms with Gasteiger partial charge >= 0.3 is 0 Å². The third kappa shape index (κ3) is 4.06. The van der Waals surface area contributed by atoms with Crippen molar-refractivity contribution in [3.05, 3.63) is 51.8 Å². The van der Waals surface area contributed by atoms with Crippen molar-refractivity contribution >= 4 is 16.6 Å². The molecule has 3 heterocycles. The van der Waals surface area contributed by atoms with Crippen molar-refractivity contribution in [1.29, 1.82) is 0 Å². The van der Waals surface area contributed by atoms with Crippen LogP contribution >= 0.6 is 0 Å². The first kappa shape index (κ1) is 20.1. The third-order valence-corrected chi connectivity index (χ3v) is 6.40. The molecule has 2 aromatic heterocycles. The molecule has 3 aromatic rings. The van der Waals surface area contributed by atoms with E-state index in [9.17, 15) is 13.6 Å². The molecule has 2 aliphatic rings. The molecule has 0 radical (unpaired) electrons. The molecule has 0 amide bonds. The van der Waals surface area contributed by atoms with Gasteiger partial charge in [0.15, 0.2) is 0 Å². The van der Waals surface area contributed by atoms with E-state index in [2.05, 4.69) is 25.0 Å². The topological polar surface area (TPSA) is 70.1 Å². The molecule has 1 N–H and O–H groups in total. The monoisotopic (exact) mass is 428 g/mol. The predicted octanol–water partition coefficient (Wildman–Crippen LogP) is 2.59. The number of rotatable bonds is 5. The van der Waals surface area contributed by atoms with Crippen LogP contribution in [0.3, 0.4) is 0 Å². The van der Waals surface area contributed by atoms with E-state index in [1.54, 1.807) is 6.07 Å². The molecular formula is C22H26F2N6O. The number of aromatic amines is 1. The molecule has 9 heteroatoms. The first-order chi connectivity index (χ1) is 15.1. The lowest BCUT2D eigenvalue weighted by Crippen LogP contribution is -2.46. The average Bonchev–Trinajstić information content (AvgIpc) is 3.19. The highest BCUT2D eigenvalue weighted by Crippen LogP contribution is 2.24. The Morgan fingerprint density at radius 1 is 1.10 bits per heavy atom. The molecule has 1 saturated heterocycles. The number of halogens is 2. The number of fused-ring (bicyclic) bond motifs is 2. The van der Waals surface area contributed by atoms with Gasteiger partial charge in [0.2, 0.25) is 0 Å². The molecule has 1 fully saturated rings. The summed E-state index contributed by atoms with van der Waals surface area (Å²) < 4.78 is 26.2. The number of nitrogens with one attached hydrogen (secondary N) is 1. The number of hydrogen-bond donors (Lipinski definition) is 1. The summed E-state index contributed by atoms with van der Waals surface area (Å²) >= 11 is 0. The predicted molar refractivity (Wildman–Crippen MR) is 115 cm³/mol. The number of aryl methyl sites for hydroxylation is 1. The number of alkyl halides is 2.